The molecular formula is C20H19N3O2. The van der Waals surface area contributed by atoms with E-state index in [-0.39, 0.29) is 6.61 Å². The number of H-pyrrole nitrogens is 2. The van der Waals surface area contributed by atoms with E-state index < -0.39 is 12.0 Å². The van der Waals surface area contributed by atoms with Crippen molar-refractivity contribution in [1.29, 1.82) is 0 Å². The molecule has 4 aromatic rings. The zero-order chi connectivity index (χ0) is 17.2. The van der Waals surface area contributed by atoms with Crippen LogP contribution in [0.25, 0.3) is 21.8 Å². The van der Waals surface area contributed by atoms with Crippen molar-refractivity contribution in [3.63, 3.8) is 0 Å². The first-order valence-corrected chi connectivity index (χ1v) is 8.24. The van der Waals surface area contributed by atoms with Gasteiger partial charge in [-0.15, -0.1) is 0 Å². The molecule has 0 bridgehead atoms. The number of aromatic nitrogens is 2. The summed E-state index contributed by atoms with van der Waals surface area (Å²) in [7, 11) is 0. The Balaban J connectivity index is 1.42. The molecule has 2 aromatic heterocycles. The molecular weight excluding hydrogens is 314 g/mol. The van der Waals surface area contributed by atoms with Crippen LogP contribution in [0.2, 0.25) is 0 Å². The first-order valence-electron chi connectivity index (χ1n) is 8.24. The van der Waals surface area contributed by atoms with Crippen LogP contribution >= 0.6 is 0 Å². The molecule has 0 aliphatic heterocycles. The van der Waals surface area contributed by atoms with Crippen LogP contribution in [0.4, 0.5) is 0 Å². The van der Waals surface area contributed by atoms with Crippen molar-refractivity contribution in [2.45, 2.75) is 19.1 Å². The molecule has 0 unspecified atom stereocenters. The second-order valence-electron chi connectivity index (χ2n) is 6.14. The van der Waals surface area contributed by atoms with Gasteiger partial charge in [-0.05, 0) is 17.7 Å². The zero-order valence-electron chi connectivity index (χ0n) is 13.7. The highest BCUT2D eigenvalue weighted by atomic mass is 16.5. The first-order chi connectivity index (χ1) is 12.2. The van der Waals surface area contributed by atoms with Crippen molar-refractivity contribution in [2.24, 2.45) is 5.73 Å². The van der Waals surface area contributed by atoms with Crippen molar-refractivity contribution < 1.29 is 9.53 Å². The van der Waals surface area contributed by atoms with Gasteiger partial charge in [0.2, 0.25) is 0 Å². The summed E-state index contributed by atoms with van der Waals surface area (Å²) in [5, 5.41) is 2.14. The van der Waals surface area contributed by atoms with Gasteiger partial charge in [-0.25, -0.2) is 0 Å². The number of hydrogen-bond acceptors (Lipinski definition) is 3. The average Bonchev–Trinajstić information content (AvgIpc) is 3.24. The van der Waals surface area contributed by atoms with Gasteiger partial charge in [0.05, 0.1) is 0 Å². The van der Waals surface area contributed by atoms with Crippen LogP contribution in [0, 0.1) is 0 Å². The third-order valence-electron chi connectivity index (χ3n) is 4.46. The summed E-state index contributed by atoms with van der Waals surface area (Å²) in [5.41, 5.74) is 10.1. The zero-order valence-corrected chi connectivity index (χ0v) is 13.7. The van der Waals surface area contributed by atoms with Crippen LogP contribution in [0.15, 0.2) is 60.9 Å². The Hall–Kier alpha value is -3.05. The lowest BCUT2D eigenvalue weighted by atomic mass is 10.1. The van der Waals surface area contributed by atoms with Gasteiger partial charge in [-0.2, -0.15) is 0 Å². The van der Waals surface area contributed by atoms with Gasteiger partial charge in [0.15, 0.2) is 0 Å². The minimum Gasteiger partial charge on any atom is -0.460 e. The highest BCUT2D eigenvalue weighted by Gasteiger charge is 2.18. The van der Waals surface area contributed by atoms with Gasteiger partial charge in [0.1, 0.15) is 12.6 Å². The van der Waals surface area contributed by atoms with E-state index in [1.165, 1.54) is 0 Å². The van der Waals surface area contributed by atoms with E-state index >= 15 is 0 Å². The molecule has 25 heavy (non-hydrogen) atoms. The van der Waals surface area contributed by atoms with E-state index in [1.54, 1.807) is 0 Å². The molecule has 4 N–H and O–H groups in total. The number of carbonyl (C=O) groups excluding carboxylic acids is 1. The van der Waals surface area contributed by atoms with E-state index in [9.17, 15) is 4.79 Å². The fourth-order valence-electron chi connectivity index (χ4n) is 3.13. The van der Waals surface area contributed by atoms with Crippen molar-refractivity contribution in [3.8, 4) is 0 Å². The number of benzene rings is 2. The van der Waals surface area contributed by atoms with Crippen molar-refractivity contribution in [3.05, 3.63) is 72.1 Å². The van der Waals surface area contributed by atoms with Gasteiger partial charge < -0.3 is 20.4 Å². The van der Waals surface area contributed by atoms with Crippen LogP contribution in [-0.2, 0) is 22.6 Å². The maximum absolute atomic E-state index is 12.3. The molecule has 0 radical (unpaired) electrons. The summed E-state index contributed by atoms with van der Waals surface area (Å²) in [5.74, 6) is -0.393. The molecule has 5 heteroatoms. The molecule has 1 atom stereocenters. The molecule has 0 saturated carbocycles. The summed E-state index contributed by atoms with van der Waals surface area (Å²) in [6, 6.07) is 15.2. The van der Waals surface area contributed by atoms with E-state index in [0.29, 0.717) is 6.42 Å². The third-order valence-corrected chi connectivity index (χ3v) is 4.46. The lowest BCUT2D eigenvalue weighted by Crippen LogP contribution is -2.34. The number of aromatic amines is 2. The van der Waals surface area contributed by atoms with E-state index in [1.807, 2.05) is 60.9 Å². The molecule has 0 aliphatic carbocycles. The SMILES string of the molecule is N[C@@H](Cc1c[nH]c2ccccc12)C(=O)OCc1c[nH]c2ccccc12. The molecule has 0 amide bonds. The van der Waals surface area contributed by atoms with Crippen LogP contribution in [-0.4, -0.2) is 22.0 Å². The Kier molecular flexibility index (Phi) is 3.99. The van der Waals surface area contributed by atoms with Gasteiger partial charge in [-0.3, -0.25) is 4.79 Å². The van der Waals surface area contributed by atoms with Crippen molar-refractivity contribution in [1.82, 2.24) is 9.97 Å². The van der Waals surface area contributed by atoms with Crippen LogP contribution < -0.4 is 5.73 Å². The third kappa shape index (κ3) is 3.02. The summed E-state index contributed by atoms with van der Waals surface area (Å²) < 4.78 is 5.42. The van der Waals surface area contributed by atoms with E-state index in [4.69, 9.17) is 10.5 Å². The standard InChI is InChI=1S/C20H19N3O2/c21-17(9-13-10-22-18-7-3-1-5-15(13)18)20(24)25-12-14-11-23-19-8-4-2-6-16(14)19/h1-8,10-11,17,22-23H,9,12,21H2/t17-/m0/s1. The Bertz CT molecular complexity index is 1030. The maximum Gasteiger partial charge on any atom is 0.323 e. The highest BCUT2D eigenvalue weighted by molar-refractivity contribution is 5.85. The fraction of sp³-hybridized carbons (Fsp3) is 0.150. The number of esters is 1. The number of rotatable bonds is 5. The first kappa shape index (κ1) is 15.5. The topological polar surface area (TPSA) is 83.9 Å². The molecule has 2 aromatic carbocycles. The van der Waals surface area contributed by atoms with Gasteiger partial charge in [0.25, 0.3) is 0 Å². The summed E-state index contributed by atoms with van der Waals surface area (Å²) >= 11 is 0. The van der Waals surface area contributed by atoms with Gasteiger partial charge >= 0.3 is 5.97 Å². The molecule has 0 fully saturated rings. The van der Waals surface area contributed by atoms with Crippen molar-refractivity contribution in [2.75, 3.05) is 0 Å². The fourth-order valence-corrected chi connectivity index (χ4v) is 3.13. The molecule has 5 nitrogen and oxygen atoms in total. The largest absolute Gasteiger partial charge is 0.460 e. The van der Waals surface area contributed by atoms with Crippen LogP contribution in [0.5, 0.6) is 0 Å². The monoisotopic (exact) mass is 333 g/mol. The Morgan fingerprint density at radius 1 is 0.920 bits per heavy atom. The predicted molar refractivity (Wildman–Crippen MR) is 98.1 cm³/mol. The predicted octanol–water partition coefficient (Wildman–Crippen LogP) is 3.26. The quantitative estimate of drug-likeness (QED) is 0.490. The van der Waals surface area contributed by atoms with Crippen LogP contribution in [0.1, 0.15) is 11.1 Å². The summed E-state index contributed by atoms with van der Waals surface area (Å²) in [6.07, 6.45) is 4.21. The normalized spacial score (nSPS) is 12.5. The number of ether oxygens (including phenoxy) is 1. The molecule has 0 spiro atoms. The van der Waals surface area contributed by atoms with E-state index in [2.05, 4.69) is 9.97 Å². The Labute approximate surface area is 144 Å². The Morgan fingerprint density at radius 3 is 2.16 bits per heavy atom. The van der Waals surface area contributed by atoms with Gasteiger partial charge in [-0.1, -0.05) is 36.4 Å². The number of hydrogen-bond donors (Lipinski definition) is 3. The lowest BCUT2D eigenvalue weighted by molar-refractivity contribution is -0.146. The number of nitrogens with one attached hydrogen (secondary N) is 2. The molecule has 2 heterocycles. The molecule has 0 saturated heterocycles. The Morgan fingerprint density at radius 2 is 1.48 bits per heavy atom. The van der Waals surface area contributed by atoms with Gasteiger partial charge in [0, 0.05) is 46.2 Å². The second kappa shape index (κ2) is 6.45. The molecule has 0 aliphatic rings. The lowest BCUT2D eigenvalue weighted by Gasteiger charge is -2.11. The number of nitrogens with two attached hydrogens (primary N) is 1. The summed E-state index contributed by atoms with van der Waals surface area (Å²) in [6.45, 7) is 0.213. The summed E-state index contributed by atoms with van der Waals surface area (Å²) in [4.78, 5) is 18.6. The van der Waals surface area contributed by atoms with Crippen LogP contribution in [0.3, 0.4) is 0 Å². The average molecular weight is 333 g/mol. The molecule has 126 valence electrons. The smallest absolute Gasteiger partial charge is 0.323 e. The minimum absolute atomic E-state index is 0.213. The molecule has 4 rings (SSSR count). The second-order valence-corrected chi connectivity index (χ2v) is 6.14. The van der Waals surface area contributed by atoms with Crippen molar-refractivity contribution >= 4 is 27.8 Å². The van der Waals surface area contributed by atoms with E-state index in [0.717, 1.165) is 32.9 Å². The number of fused-ring (bicyclic) bond motifs is 2. The minimum atomic E-state index is -0.690. The number of para-hydroxylation sites is 2. The number of carbonyl (C=O) groups is 1. The highest BCUT2D eigenvalue weighted by Crippen LogP contribution is 2.20. The maximum atomic E-state index is 12.3.